The minimum Gasteiger partial charge on any atom is -0.493 e. The van der Waals surface area contributed by atoms with Crippen molar-refractivity contribution in [3.05, 3.63) is 23.8 Å². The number of rotatable bonds is 10. The Kier molecular flexibility index (Phi) is 11.6. The van der Waals surface area contributed by atoms with Crippen molar-refractivity contribution < 1.29 is 19.0 Å². The summed E-state index contributed by atoms with van der Waals surface area (Å²) in [7, 11) is 1.69. The fraction of sp³-hybridized carbons (Fsp3) is 0.720. The van der Waals surface area contributed by atoms with Crippen molar-refractivity contribution in [3.63, 3.8) is 0 Å². The van der Waals surface area contributed by atoms with Crippen molar-refractivity contribution in [2.45, 2.75) is 83.4 Å². The van der Waals surface area contributed by atoms with Gasteiger partial charge >= 0.3 is 0 Å². The zero-order valence-electron chi connectivity index (χ0n) is 19.9. The number of carbonyl (C=O) groups is 1. The van der Waals surface area contributed by atoms with Crippen LogP contribution in [0.4, 0.5) is 0 Å². The molecule has 1 aliphatic carbocycles. The Bertz CT molecular complexity index is 689. The first kappa shape index (κ1) is 26.7. The van der Waals surface area contributed by atoms with Gasteiger partial charge in [0.25, 0.3) is 5.91 Å². The molecule has 1 atom stereocenters. The van der Waals surface area contributed by atoms with E-state index in [0.717, 1.165) is 50.9 Å². The molecule has 1 aromatic rings. The highest BCUT2D eigenvalue weighted by Crippen LogP contribution is 2.29. The van der Waals surface area contributed by atoms with Crippen molar-refractivity contribution >= 4 is 18.3 Å². The van der Waals surface area contributed by atoms with Gasteiger partial charge in [0.15, 0.2) is 0 Å². The number of amides is 1. The van der Waals surface area contributed by atoms with Crippen LogP contribution in [0.5, 0.6) is 11.5 Å². The van der Waals surface area contributed by atoms with E-state index < -0.39 is 0 Å². The van der Waals surface area contributed by atoms with Gasteiger partial charge in [-0.25, -0.2) is 0 Å². The monoisotopic (exact) mass is 468 g/mol. The van der Waals surface area contributed by atoms with E-state index in [0.29, 0.717) is 24.5 Å². The summed E-state index contributed by atoms with van der Waals surface area (Å²) >= 11 is 0. The summed E-state index contributed by atoms with van der Waals surface area (Å²) in [6, 6.07) is 6.06. The molecule has 6 nitrogen and oxygen atoms in total. The van der Waals surface area contributed by atoms with Gasteiger partial charge in [-0.1, -0.05) is 6.42 Å². The Labute approximate surface area is 199 Å². The van der Waals surface area contributed by atoms with Crippen LogP contribution in [0, 0.1) is 0 Å². The van der Waals surface area contributed by atoms with Crippen LogP contribution in [0.25, 0.3) is 0 Å². The van der Waals surface area contributed by atoms with Gasteiger partial charge in [-0.05, 0) is 71.0 Å². The molecular formula is C25H41ClN2O4. The average Bonchev–Trinajstić information content (AvgIpc) is 2.78. The smallest absolute Gasteiger partial charge is 0.254 e. The largest absolute Gasteiger partial charge is 0.493 e. The number of ether oxygens (including phenoxy) is 3. The van der Waals surface area contributed by atoms with Crippen molar-refractivity contribution in [2.75, 3.05) is 33.4 Å². The maximum atomic E-state index is 13.6. The maximum absolute atomic E-state index is 13.6. The van der Waals surface area contributed by atoms with Crippen LogP contribution in [0.2, 0.25) is 0 Å². The fourth-order valence-electron chi connectivity index (χ4n) is 4.66. The van der Waals surface area contributed by atoms with Crippen LogP contribution in [-0.4, -0.2) is 62.4 Å². The first-order valence-corrected chi connectivity index (χ1v) is 12.1. The van der Waals surface area contributed by atoms with Gasteiger partial charge in [0.05, 0.1) is 12.7 Å². The summed E-state index contributed by atoms with van der Waals surface area (Å²) in [6.07, 6.45) is 9.02. The summed E-state index contributed by atoms with van der Waals surface area (Å²) in [4.78, 5) is 15.7. The van der Waals surface area contributed by atoms with Crippen LogP contribution in [0.15, 0.2) is 18.2 Å². The molecule has 7 heteroatoms. The molecule has 2 aliphatic rings. The van der Waals surface area contributed by atoms with E-state index in [2.05, 4.69) is 19.2 Å². The van der Waals surface area contributed by atoms with E-state index in [-0.39, 0.29) is 36.5 Å². The van der Waals surface area contributed by atoms with Gasteiger partial charge in [0.1, 0.15) is 11.5 Å². The highest BCUT2D eigenvalue weighted by atomic mass is 35.5. The van der Waals surface area contributed by atoms with Gasteiger partial charge in [0.2, 0.25) is 0 Å². The Hall–Kier alpha value is -1.50. The molecule has 0 aromatic heterocycles. The Morgan fingerprint density at radius 2 is 1.81 bits per heavy atom. The Morgan fingerprint density at radius 3 is 2.47 bits per heavy atom. The number of hydrogen-bond acceptors (Lipinski definition) is 5. The van der Waals surface area contributed by atoms with Crippen LogP contribution in [0.1, 0.15) is 75.6 Å². The van der Waals surface area contributed by atoms with Crippen molar-refractivity contribution in [1.29, 1.82) is 0 Å². The molecule has 1 aliphatic heterocycles. The van der Waals surface area contributed by atoms with Crippen LogP contribution >= 0.6 is 12.4 Å². The number of halogens is 1. The van der Waals surface area contributed by atoms with Gasteiger partial charge in [-0.2, -0.15) is 0 Å². The molecule has 1 aromatic carbocycles. The summed E-state index contributed by atoms with van der Waals surface area (Å²) in [5.41, 5.74) is 0.648. The minimum absolute atomic E-state index is 0. The third-order valence-electron chi connectivity index (χ3n) is 6.20. The number of carbonyl (C=O) groups excluding carboxylic acids is 1. The van der Waals surface area contributed by atoms with E-state index in [1.807, 2.05) is 23.1 Å². The number of nitrogens with zero attached hydrogens (tertiary/aromatic N) is 1. The quantitative estimate of drug-likeness (QED) is 0.498. The highest BCUT2D eigenvalue weighted by Gasteiger charge is 2.29. The molecule has 0 spiro atoms. The predicted octanol–water partition coefficient (Wildman–Crippen LogP) is 4.84. The summed E-state index contributed by atoms with van der Waals surface area (Å²) < 4.78 is 17.4. The van der Waals surface area contributed by atoms with Crippen molar-refractivity contribution in [3.8, 4) is 11.5 Å². The number of methoxy groups -OCH3 is 1. The second-order valence-corrected chi connectivity index (χ2v) is 9.07. The molecule has 0 radical (unpaired) electrons. The Balaban J connectivity index is 0.00000363. The topological polar surface area (TPSA) is 60.0 Å². The summed E-state index contributed by atoms with van der Waals surface area (Å²) in [5, 5.41) is 3.44. The third kappa shape index (κ3) is 7.82. The fourth-order valence-corrected chi connectivity index (χ4v) is 4.66. The molecule has 32 heavy (non-hydrogen) atoms. The number of benzene rings is 1. The number of piperidine rings is 1. The van der Waals surface area contributed by atoms with E-state index in [9.17, 15) is 4.79 Å². The zero-order chi connectivity index (χ0) is 22.1. The molecule has 1 amide bonds. The lowest BCUT2D eigenvalue weighted by Gasteiger charge is -2.37. The van der Waals surface area contributed by atoms with E-state index in [4.69, 9.17) is 14.2 Å². The van der Waals surface area contributed by atoms with Crippen molar-refractivity contribution in [2.24, 2.45) is 0 Å². The lowest BCUT2D eigenvalue weighted by molar-refractivity contribution is 0.0572. The molecule has 182 valence electrons. The summed E-state index contributed by atoms with van der Waals surface area (Å²) in [5.74, 6) is 1.49. The molecule has 3 rings (SSSR count). The molecule has 0 bridgehead atoms. The van der Waals surface area contributed by atoms with E-state index >= 15 is 0 Å². The van der Waals surface area contributed by atoms with Gasteiger partial charge in [-0.3, -0.25) is 4.79 Å². The highest BCUT2D eigenvalue weighted by molar-refractivity contribution is 5.95. The molecule has 0 unspecified atom stereocenters. The zero-order valence-corrected chi connectivity index (χ0v) is 20.8. The third-order valence-corrected chi connectivity index (χ3v) is 6.20. The Morgan fingerprint density at radius 1 is 1.06 bits per heavy atom. The molecule has 1 heterocycles. The predicted molar refractivity (Wildman–Crippen MR) is 130 cm³/mol. The lowest BCUT2D eigenvalue weighted by Crippen LogP contribution is -2.51. The van der Waals surface area contributed by atoms with Gasteiger partial charge in [-0.15, -0.1) is 12.4 Å². The van der Waals surface area contributed by atoms with Crippen LogP contribution < -0.4 is 14.8 Å². The van der Waals surface area contributed by atoms with Crippen LogP contribution in [0.3, 0.4) is 0 Å². The maximum Gasteiger partial charge on any atom is 0.254 e. The number of hydrogen-bond donors (Lipinski definition) is 1. The molecular weight excluding hydrogens is 428 g/mol. The summed E-state index contributed by atoms with van der Waals surface area (Å²) in [6.45, 7) is 7.27. The van der Waals surface area contributed by atoms with Crippen molar-refractivity contribution in [1.82, 2.24) is 10.2 Å². The van der Waals surface area contributed by atoms with E-state index in [1.54, 1.807) is 7.11 Å². The van der Waals surface area contributed by atoms with Crippen LogP contribution in [-0.2, 0) is 4.74 Å². The van der Waals surface area contributed by atoms with Gasteiger partial charge < -0.3 is 24.4 Å². The second kappa shape index (κ2) is 13.9. The first-order chi connectivity index (χ1) is 15.1. The standard InChI is InChI=1S/C25H40N2O4.ClH/c1-19(2)27(21-9-7-12-26-18-21)25(28)20-15-23(30-14-8-13-29-3)17-24(16-20)31-22-10-5-4-6-11-22;/h15-17,19,21-22,26H,4-14,18H2,1-3H3;1H/t21-;/m1./s1. The average molecular weight is 469 g/mol. The lowest BCUT2D eigenvalue weighted by atomic mass is 9.98. The normalized spacial score (nSPS) is 19.3. The van der Waals surface area contributed by atoms with Gasteiger partial charge in [0, 0.05) is 50.4 Å². The SMILES string of the molecule is COCCCOc1cc(OC2CCCCC2)cc(C(=O)N(C(C)C)[C@@H]2CCCNC2)c1.Cl. The van der Waals surface area contributed by atoms with E-state index in [1.165, 1.54) is 19.3 Å². The second-order valence-electron chi connectivity index (χ2n) is 9.07. The number of nitrogens with one attached hydrogen (secondary N) is 1. The molecule has 2 fully saturated rings. The molecule has 1 saturated carbocycles. The molecule has 1 saturated heterocycles. The minimum atomic E-state index is 0. The molecule has 1 N–H and O–H groups in total. The first-order valence-electron chi connectivity index (χ1n) is 12.1.